The second kappa shape index (κ2) is 7.69. The zero-order valence-electron chi connectivity index (χ0n) is 12.7. The second-order valence-electron chi connectivity index (χ2n) is 5.22. The fourth-order valence-electron chi connectivity index (χ4n) is 2.26. The van der Waals surface area contributed by atoms with Gasteiger partial charge in [0.25, 0.3) is 10.0 Å². The van der Waals surface area contributed by atoms with Gasteiger partial charge in [-0.05, 0) is 37.9 Å². The van der Waals surface area contributed by atoms with Crippen LogP contribution >= 0.6 is 11.3 Å². The van der Waals surface area contributed by atoms with E-state index >= 15 is 0 Å². The standard InChI is InChI=1S/C14H24N2O3S2/c1-3-5-15-11-13-12(2)10-14(20-13)21(17,18)16-6-4-8-19-9-7-16/h10,15H,3-9,11H2,1-2H3. The van der Waals surface area contributed by atoms with Crippen molar-refractivity contribution in [2.45, 2.75) is 37.4 Å². The van der Waals surface area contributed by atoms with Gasteiger partial charge in [0.2, 0.25) is 0 Å². The molecule has 0 unspecified atom stereocenters. The summed E-state index contributed by atoms with van der Waals surface area (Å²) in [4.78, 5) is 1.10. The van der Waals surface area contributed by atoms with Crippen molar-refractivity contribution in [1.82, 2.24) is 9.62 Å². The first kappa shape index (κ1) is 16.9. The number of aryl methyl sites for hydroxylation is 1. The Morgan fingerprint density at radius 2 is 2.19 bits per heavy atom. The maximum atomic E-state index is 12.7. The zero-order chi connectivity index (χ0) is 15.3. The van der Waals surface area contributed by atoms with Gasteiger partial charge in [0.05, 0.1) is 6.61 Å². The molecule has 1 aromatic rings. The van der Waals surface area contributed by atoms with E-state index in [0.717, 1.165) is 36.4 Å². The molecule has 0 spiro atoms. The van der Waals surface area contributed by atoms with Crippen LogP contribution in [0.2, 0.25) is 0 Å². The highest BCUT2D eigenvalue weighted by Gasteiger charge is 2.27. The zero-order valence-corrected chi connectivity index (χ0v) is 14.4. The summed E-state index contributed by atoms with van der Waals surface area (Å²) in [5.74, 6) is 0. The number of ether oxygens (including phenoxy) is 1. The maximum Gasteiger partial charge on any atom is 0.252 e. The molecule has 21 heavy (non-hydrogen) atoms. The predicted molar refractivity (Wildman–Crippen MR) is 85.2 cm³/mol. The number of sulfonamides is 1. The Labute approximate surface area is 131 Å². The molecule has 0 amide bonds. The number of hydrogen-bond acceptors (Lipinski definition) is 5. The summed E-state index contributed by atoms with van der Waals surface area (Å²) in [5, 5.41) is 3.33. The Morgan fingerprint density at radius 1 is 1.38 bits per heavy atom. The molecule has 0 aromatic carbocycles. The molecule has 0 saturated carbocycles. The number of hydrogen-bond donors (Lipinski definition) is 1. The Balaban J connectivity index is 2.14. The summed E-state index contributed by atoms with van der Waals surface area (Å²) in [6, 6.07) is 1.80. The van der Waals surface area contributed by atoms with E-state index in [1.54, 1.807) is 10.4 Å². The summed E-state index contributed by atoms with van der Waals surface area (Å²) < 4.78 is 32.7. The van der Waals surface area contributed by atoms with E-state index in [4.69, 9.17) is 4.74 Å². The SMILES string of the molecule is CCCNCc1sc(S(=O)(=O)N2CCCOCC2)cc1C. The summed E-state index contributed by atoms with van der Waals surface area (Å²) in [6.45, 7) is 7.89. The highest BCUT2D eigenvalue weighted by Crippen LogP contribution is 2.28. The highest BCUT2D eigenvalue weighted by atomic mass is 32.2. The molecule has 0 radical (unpaired) electrons. The number of rotatable bonds is 6. The van der Waals surface area contributed by atoms with E-state index in [2.05, 4.69) is 12.2 Å². The quantitative estimate of drug-likeness (QED) is 0.809. The third-order valence-electron chi connectivity index (χ3n) is 3.49. The molecule has 120 valence electrons. The molecule has 1 aliphatic heterocycles. The predicted octanol–water partition coefficient (Wildman–Crippen LogP) is 1.97. The van der Waals surface area contributed by atoms with Gasteiger partial charge in [0, 0.05) is 31.1 Å². The first-order chi connectivity index (χ1) is 10.1. The normalized spacial score (nSPS) is 17.8. The Kier molecular flexibility index (Phi) is 6.19. The minimum atomic E-state index is -3.37. The van der Waals surface area contributed by atoms with Crippen molar-refractivity contribution in [3.63, 3.8) is 0 Å². The Morgan fingerprint density at radius 3 is 2.95 bits per heavy atom. The molecule has 5 nitrogen and oxygen atoms in total. The second-order valence-corrected chi connectivity index (χ2v) is 8.52. The van der Waals surface area contributed by atoms with Crippen molar-refractivity contribution in [3.05, 3.63) is 16.5 Å². The highest BCUT2D eigenvalue weighted by molar-refractivity contribution is 7.91. The van der Waals surface area contributed by atoms with Crippen LogP contribution in [0.15, 0.2) is 10.3 Å². The lowest BCUT2D eigenvalue weighted by Gasteiger charge is -2.17. The topological polar surface area (TPSA) is 58.6 Å². The Bertz CT molecular complexity index is 547. The summed E-state index contributed by atoms with van der Waals surface area (Å²) in [6.07, 6.45) is 1.83. The van der Waals surface area contributed by atoms with Crippen LogP contribution < -0.4 is 5.32 Å². The number of nitrogens with zero attached hydrogens (tertiary/aromatic N) is 1. The van der Waals surface area contributed by atoms with E-state index in [-0.39, 0.29) is 0 Å². The summed E-state index contributed by atoms with van der Waals surface area (Å²) >= 11 is 1.38. The van der Waals surface area contributed by atoms with Crippen LogP contribution in [0.3, 0.4) is 0 Å². The van der Waals surface area contributed by atoms with Gasteiger partial charge < -0.3 is 10.1 Å². The first-order valence-corrected chi connectivity index (χ1v) is 9.69. The first-order valence-electron chi connectivity index (χ1n) is 7.43. The van der Waals surface area contributed by atoms with E-state index < -0.39 is 10.0 Å². The lowest BCUT2D eigenvalue weighted by atomic mass is 10.3. The molecular weight excluding hydrogens is 308 g/mol. The largest absolute Gasteiger partial charge is 0.380 e. The van der Waals surface area contributed by atoms with Crippen molar-refractivity contribution in [2.24, 2.45) is 0 Å². The number of nitrogens with one attached hydrogen (secondary N) is 1. The van der Waals surface area contributed by atoms with Gasteiger partial charge >= 0.3 is 0 Å². The summed E-state index contributed by atoms with van der Waals surface area (Å²) in [5.41, 5.74) is 1.05. The smallest absolute Gasteiger partial charge is 0.252 e. The van der Waals surface area contributed by atoms with Crippen molar-refractivity contribution in [1.29, 1.82) is 0 Å². The van der Waals surface area contributed by atoms with Gasteiger partial charge in [0.1, 0.15) is 4.21 Å². The molecule has 0 atom stereocenters. The van der Waals surface area contributed by atoms with E-state index in [1.807, 2.05) is 6.92 Å². The van der Waals surface area contributed by atoms with E-state index in [0.29, 0.717) is 30.5 Å². The average Bonchev–Trinajstić information content (AvgIpc) is 2.68. The third-order valence-corrected chi connectivity index (χ3v) is 7.07. The maximum absolute atomic E-state index is 12.7. The molecule has 1 N–H and O–H groups in total. The van der Waals surface area contributed by atoms with Crippen LogP contribution in [0.1, 0.15) is 30.2 Å². The van der Waals surface area contributed by atoms with Crippen LogP contribution in [-0.2, 0) is 21.3 Å². The molecule has 2 heterocycles. The van der Waals surface area contributed by atoms with Crippen LogP contribution in [0.25, 0.3) is 0 Å². The van der Waals surface area contributed by atoms with Crippen LogP contribution in [-0.4, -0.2) is 45.6 Å². The van der Waals surface area contributed by atoms with Crippen molar-refractivity contribution in [2.75, 3.05) is 32.8 Å². The lowest BCUT2D eigenvalue weighted by Crippen LogP contribution is -2.32. The minimum Gasteiger partial charge on any atom is -0.380 e. The van der Waals surface area contributed by atoms with E-state index in [1.165, 1.54) is 11.3 Å². The van der Waals surface area contributed by atoms with Gasteiger partial charge in [-0.2, -0.15) is 4.31 Å². The third kappa shape index (κ3) is 4.26. The van der Waals surface area contributed by atoms with Crippen LogP contribution in [0, 0.1) is 6.92 Å². The van der Waals surface area contributed by atoms with Gasteiger partial charge in [-0.15, -0.1) is 11.3 Å². The summed E-state index contributed by atoms with van der Waals surface area (Å²) in [7, 11) is -3.37. The molecule has 0 bridgehead atoms. The Hall–Kier alpha value is -0.470. The minimum absolute atomic E-state index is 0.447. The van der Waals surface area contributed by atoms with Crippen molar-refractivity contribution >= 4 is 21.4 Å². The molecule has 1 aliphatic rings. The van der Waals surface area contributed by atoms with Gasteiger partial charge in [-0.3, -0.25) is 0 Å². The van der Waals surface area contributed by atoms with Gasteiger partial charge in [-0.1, -0.05) is 6.92 Å². The van der Waals surface area contributed by atoms with Gasteiger partial charge in [-0.25, -0.2) is 8.42 Å². The molecule has 0 aliphatic carbocycles. The monoisotopic (exact) mass is 332 g/mol. The van der Waals surface area contributed by atoms with Crippen LogP contribution in [0.4, 0.5) is 0 Å². The lowest BCUT2D eigenvalue weighted by molar-refractivity contribution is 0.148. The fraction of sp³-hybridized carbons (Fsp3) is 0.714. The molecular formula is C14H24N2O3S2. The fourth-order valence-corrected chi connectivity index (χ4v) is 5.44. The average molecular weight is 332 g/mol. The van der Waals surface area contributed by atoms with Crippen molar-refractivity contribution < 1.29 is 13.2 Å². The van der Waals surface area contributed by atoms with E-state index in [9.17, 15) is 8.42 Å². The number of thiophene rings is 1. The van der Waals surface area contributed by atoms with Crippen molar-refractivity contribution in [3.8, 4) is 0 Å². The molecule has 2 rings (SSSR count). The molecule has 7 heteroatoms. The molecule has 1 saturated heterocycles. The van der Waals surface area contributed by atoms with Crippen LogP contribution in [0.5, 0.6) is 0 Å². The molecule has 1 aromatic heterocycles. The molecule has 1 fully saturated rings. The van der Waals surface area contributed by atoms with Gasteiger partial charge in [0.15, 0.2) is 0 Å².